The zero-order valence-electron chi connectivity index (χ0n) is 8.96. The number of hydrogen-bond acceptors (Lipinski definition) is 3. The molecule has 0 aliphatic carbocycles. The van der Waals surface area contributed by atoms with Crippen molar-refractivity contribution in [3.63, 3.8) is 0 Å². The second kappa shape index (κ2) is 5.35. The predicted molar refractivity (Wildman–Crippen MR) is 61.4 cm³/mol. The van der Waals surface area contributed by atoms with Crippen LogP contribution in [0.15, 0.2) is 12.1 Å². The summed E-state index contributed by atoms with van der Waals surface area (Å²) in [5.41, 5.74) is 7.85. The van der Waals surface area contributed by atoms with Gasteiger partial charge in [-0.05, 0) is 25.0 Å². The van der Waals surface area contributed by atoms with Gasteiger partial charge in [-0.15, -0.1) is 0 Å². The summed E-state index contributed by atoms with van der Waals surface area (Å²) in [5, 5.41) is 9.42. The van der Waals surface area contributed by atoms with Gasteiger partial charge in [0.15, 0.2) is 0 Å². The Morgan fingerprint density at radius 1 is 1.53 bits per heavy atom. The van der Waals surface area contributed by atoms with Gasteiger partial charge < -0.3 is 15.6 Å². The third kappa shape index (κ3) is 2.62. The zero-order chi connectivity index (χ0) is 11.4. The molecule has 0 bridgehead atoms. The van der Waals surface area contributed by atoms with Gasteiger partial charge >= 0.3 is 0 Å². The lowest BCUT2D eigenvalue weighted by Crippen LogP contribution is -2.14. The summed E-state index contributed by atoms with van der Waals surface area (Å²) in [6, 6.07) is 3.44. The number of aliphatic hydroxyl groups excluding tert-OH is 1. The summed E-state index contributed by atoms with van der Waals surface area (Å²) in [4.78, 5) is 0. The molecule has 0 amide bonds. The van der Waals surface area contributed by atoms with Crippen LogP contribution in [0.5, 0.6) is 5.75 Å². The highest BCUT2D eigenvalue weighted by Gasteiger charge is 2.16. The van der Waals surface area contributed by atoms with E-state index in [4.69, 9.17) is 27.2 Å². The fourth-order valence-corrected chi connectivity index (χ4v) is 1.87. The van der Waals surface area contributed by atoms with Gasteiger partial charge in [0.05, 0.1) is 12.1 Å². The van der Waals surface area contributed by atoms with Crippen molar-refractivity contribution in [1.29, 1.82) is 0 Å². The molecule has 0 aliphatic rings. The largest absolute Gasteiger partial charge is 0.495 e. The molecule has 1 rings (SSSR count). The molecule has 1 unspecified atom stereocenters. The summed E-state index contributed by atoms with van der Waals surface area (Å²) in [6.07, 6.45) is 0.498. The highest BCUT2D eigenvalue weighted by atomic mass is 35.5. The molecule has 3 nitrogen and oxygen atoms in total. The molecule has 3 N–H and O–H groups in total. The van der Waals surface area contributed by atoms with E-state index >= 15 is 0 Å². The molecule has 15 heavy (non-hydrogen) atoms. The SMILES string of the molecule is COc1c(Cl)ccc(C)c1C(N)CCO. The summed E-state index contributed by atoms with van der Waals surface area (Å²) >= 11 is 6.00. The number of rotatable bonds is 4. The quantitative estimate of drug-likeness (QED) is 0.831. The standard InChI is InChI=1S/C11H16ClNO2/c1-7-3-4-8(12)11(15-2)10(7)9(13)5-6-14/h3-4,9,14H,5-6,13H2,1-2H3. The fourth-order valence-electron chi connectivity index (χ4n) is 1.62. The molecule has 0 saturated heterocycles. The lowest BCUT2D eigenvalue weighted by Gasteiger charge is -2.18. The van der Waals surface area contributed by atoms with Crippen LogP contribution < -0.4 is 10.5 Å². The molecule has 0 saturated carbocycles. The van der Waals surface area contributed by atoms with Crippen LogP contribution in [-0.2, 0) is 0 Å². The second-order valence-corrected chi connectivity index (χ2v) is 3.84. The van der Waals surface area contributed by atoms with Gasteiger partial charge in [0.25, 0.3) is 0 Å². The van der Waals surface area contributed by atoms with Crippen LogP contribution in [-0.4, -0.2) is 18.8 Å². The van der Waals surface area contributed by atoms with Crippen molar-refractivity contribution in [3.8, 4) is 5.75 Å². The molecule has 0 spiro atoms. The first kappa shape index (κ1) is 12.3. The highest BCUT2D eigenvalue weighted by Crippen LogP contribution is 2.35. The van der Waals surface area contributed by atoms with Gasteiger partial charge in [0.1, 0.15) is 5.75 Å². The average molecular weight is 230 g/mol. The van der Waals surface area contributed by atoms with E-state index in [0.29, 0.717) is 17.2 Å². The van der Waals surface area contributed by atoms with Crippen LogP contribution in [0.1, 0.15) is 23.6 Å². The topological polar surface area (TPSA) is 55.5 Å². The molecular formula is C11H16ClNO2. The Morgan fingerprint density at radius 3 is 2.73 bits per heavy atom. The molecule has 0 aliphatic heterocycles. The van der Waals surface area contributed by atoms with Gasteiger partial charge in [-0.25, -0.2) is 0 Å². The van der Waals surface area contributed by atoms with Gasteiger partial charge in [-0.3, -0.25) is 0 Å². The summed E-state index contributed by atoms with van der Waals surface area (Å²) in [5.74, 6) is 0.609. The second-order valence-electron chi connectivity index (χ2n) is 3.43. The van der Waals surface area contributed by atoms with E-state index in [0.717, 1.165) is 11.1 Å². The number of nitrogens with two attached hydrogens (primary N) is 1. The van der Waals surface area contributed by atoms with Crippen LogP contribution in [0.3, 0.4) is 0 Å². The van der Waals surface area contributed by atoms with E-state index in [1.165, 1.54) is 0 Å². The Morgan fingerprint density at radius 2 is 2.20 bits per heavy atom. The van der Waals surface area contributed by atoms with Crippen molar-refractivity contribution >= 4 is 11.6 Å². The monoisotopic (exact) mass is 229 g/mol. The molecule has 4 heteroatoms. The van der Waals surface area contributed by atoms with Crippen molar-refractivity contribution < 1.29 is 9.84 Å². The van der Waals surface area contributed by atoms with Gasteiger partial charge in [-0.2, -0.15) is 0 Å². The Kier molecular flexibility index (Phi) is 4.39. The molecule has 1 atom stereocenters. The first-order chi connectivity index (χ1) is 7.11. The summed E-state index contributed by atoms with van der Waals surface area (Å²) in [6.45, 7) is 2.00. The fraction of sp³-hybridized carbons (Fsp3) is 0.455. The number of hydrogen-bond donors (Lipinski definition) is 2. The number of ether oxygens (including phenoxy) is 1. The number of aliphatic hydroxyl groups is 1. The summed E-state index contributed by atoms with van der Waals surface area (Å²) < 4.78 is 5.23. The van der Waals surface area contributed by atoms with Crippen LogP contribution in [0, 0.1) is 6.92 Å². The highest BCUT2D eigenvalue weighted by molar-refractivity contribution is 6.32. The molecule has 0 aromatic heterocycles. The van der Waals surface area contributed by atoms with Crippen LogP contribution in [0.25, 0.3) is 0 Å². The zero-order valence-corrected chi connectivity index (χ0v) is 9.71. The third-order valence-electron chi connectivity index (χ3n) is 2.38. The Balaban J connectivity index is 3.18. The van der Waals surface area contributed by atoms with Crippen LogP contribution in [0.2, 0.25) is 5.02 Å². The molecule has 1 aromatic carbocycles. The van der Waals surface area contributed by atoms with E-state index < -0.39 is 0 Å². The van der Waals surface area contributed by atoms with Crippen molar-refractivity contribution in [3.05, 3.63) is 28.3 Å². The van der Waals surface area contributed by atoms with Crippen molar-refractivity contribution in [1.82, 2.24) is 0 Å². The molecule has 0 radical (unpaired) electrons. The number of aryl methyl sites for hydroxylation is 1. The molecule has 1 aromatic rings. The van der Waals surface area contributed by atoms with E-state index in [-0.39, 0.29) is 12.6 Å². The molecule has 0 fully saturated rings. The first-order valence-electron chi connectivity index (χ1n) is 4.81. The van der Waals surface area contributed by atoms with E-state index in [2.05, 4.69) is 0 Å². The van der Waals surface area contributed by atoms with Crippen molar-refractivity contribution in [2.24, 2.45) is 5.73 Å². The van der Waals surface area contributed by atoms with Crippen molar-refractivity contribution in [2.75, 3.05) is 13.7 Å². The maximum Gasteiger partial charge on any atom is 0.142 e. The lowest BCUT2D eigenvalue weighted by atomic mass is 9.98. The van der Waals surface area contributed by atoms with E-state index in [1.807, 2.05) is 13.0 Å². The minimum Gasteiger partial charge on any atom is -0.495 e. The molecule has 0 heterocycles. The number of methoxy groups -OCH3 is 1. The first-order valence-corrected chi connectivity index (χ1v) is 5.19. The van der Waals surface area contributed by atoms with Gasteiger partial charge in [0, 0.05) is 18.2 Å². The Labute approximate surface area is 94.8 Å². The van der Waals surface area contributed by atoms with Crippen molar-refractivity contribution in [2.45, 2.75) is 19.4 Å². The maximum atomic E-state index is 8.87. The minimum absolute atomic E-state index is 0.0519. The normalized spacial score (nSPS) is 12.6. The van der Waals surface area contributed by atoms with Crippen LogP contribution >= 0.6 is 11.6 Å². The lowest BCUT2D eigenvalue weighted by molar-refractivity contribution is 0.275. The van der Waals surface area contributed by atoms with E-state index in [1.54, 1.807) is 13.2 Å². The van der Waals surface area contributed by atoms with Gasteiger partial charge in [0.2, 0.25) is 0 Å². The molecule has 84 valence electrons. The minimum atomic E-state index is -0.247. The average Bonchev–Trinajstić information content (AvgIpc) is 2.21. The number of benzene rings is 1. The van der Waals surface area contributed by atoms with Gasteiger partial charge in [-0.1, -0.05) is 17.7 Å². The smallest absolute Gasteiger partial charge is 0.142 e. The van der Waals surface area contributed by atoms with E-state index in [9.17, 15) is 0 Å². The third-order valence-corrected chi connectivity index (χ3v) is 2.68. The Hall–Kier alpha value is -0.770. The number of halogens is 1. The predicted octanol–water partition coefficient (Wildman–Crippen LogP) is 2.04. The van der Waals surface area contributed by atoms with Crippen LogP contribution in [0.4, 0.5) is 0 Å². The summed E-state index contributed by atoms with van der Waals surface area (Å²) in [7, 11) is 1.57. The Bertz CT molecular complexity index is 342. The maximum absolute atomic E-state index is 8.87. The molecular weight excluding hydrogens is 214 g/mol.